The average molecular weight is 295 g/mol. The molecule has 0 radical (unpaired) electrons. The van der Waals surface area contributed by atoms with Crippen LogP contribution < -0.4 is 5.32 Å². The van der Waals surface area contributed by atoms with Gasteiger partial charge in [0, 0.05) is 6.07 Å². The predicted molar refractivity (Wildman–Crippen MR) is 71.5 cm³/mol. The van der Waals surface area contributed by atoms with E-state index < -0.39 is 16.8 Å². The molecular formula is C11H9N3O5S. The van der Waals surface area contributed by atoms with Crippen molar-refractivity contribution in [2.24, 2.45) is 0 Å². The number of para-hydroxylation sites is 1. The second kappa shape index (κ2) is 5.61. The van der Waals surface area contributed by atoms with E-state index in [1.165, 1.54) is 12.1 Å². The highest BCUT2D eigenvalue weighted by Gasteiger charge is 2.20. The zero-order valence-corrected chi connectivity index (χ0v) is 11.1. The molecular weight excluding hydrogens is 286 g/mol. The third-order valence-corrected chi connectivity index (χ3v) is 3.21. The smallest absolute Gasteiger partial charge is 0.397 e. The summed E-state index contributed by atoms with van der Waals surface area (Å²) in [7, 11) is 0. The van der Waals surface area contributed by atoms with Gasteiger partial charge in [-0.25, -0.2) is 9.78 Å². The average Bonchev–Trinajstić information content (AvgIpc) is 2.80. The number of aromatic nitrogens is 1. The van der Waals surface area contributed by atoms with E-state index in [2.05, 4.69) is 15.0 Å². The van der Waals surface area contributed by atoms with Gasteiger partial charge in [0.2, 0.25) is 0 Å². The lowest BCUT2D eigenvalue weighted by atomic mass is 10.3. The van der Waals surface area contributed by atoms with Crippen molar-refractivity contribution in [2.75, 3.05) is 11.9 Å². The summed E-state index contributed by atoms with van der Waals surface area (Å²) < 4.78 is 5.07. The van der Waals surface area contributed by atoms with Crippen LogP contribution in [0.5, 0.6) is 0 Å². The van der Waals surface area contributed by atoms with Crippen LogP contribution in [-0.4, -0.2) is 28.4 Å². The Kier molecular flexibility index (Phi) is 3.89. The first-order valence-corrected chi connectivity index (χ1v) is 6.36. The van der Waals surface area contributed by atoms with Gasteiger partial charge in [-0.05, 0) is 13.0 Å². The van der Waals surface area contributed by atoms with Gasteiger partial charge in [0.15, 0.2) is 10.6 Å². The van der Waals surface area contributed by atoms with Crippen molar-refractivity contribution in [3.05, 3.63) is 28.3 Å². The standard InChI is InChI=1S/C11H9N3O5S/c1-2-19-10(16)9(15)13-11-12-8-6(14(17)18)4-3-5-7(8)20-11/h3-5H,2H2,1H3,(H,12,13,15). The Labute approximate surface area is 116 Å². The van der Waals surface area contributed by atoms with E-state index in [4.69, 9.17) is 0 Å². The molecule has 0 atom stereocenters. The largest absolute Gasteiger partial charge is 0.459 e. The fraction of sp³-hybridized carbons (Fsp3) is 0.182. The quantitative estimate of drug-likeness (QED) is 0.399. The summed E-state index contributed by atoms with van der Waals surface area (Å²) in [6, 6.07) is 4.48. The van der Waals surface area contributed by atoms with Gasteiger partial charge in [-0.3, -0.25) is 20.2 Å². The molecule has 2 rings (SSSR count). The van der Waals surface area contributed by atoms with Gasteiger partial charge in [-0.15, -0.1) is 0 Å². The van der Waals surface area contributed by atoms with Crippen molar-refractivity contribution in [1.82, 2.24) is 4.98 Å². The maximum Gasteiger partial charge on any atom is 0.397 e. The number of nitrogens with one attached hydrogen (secondary N) is 1. The minimum absolute atomic E-state index is 0.0809. The molecule has 2 aromatic rings. The number of fused-ring (bicyclic) bond motifs is 1. The SMILES string of the molecule is CCOC(=O)C(=O)Nc1nc2c([N+](=O)[O-])cccc2s1. The number of hydrogen-bond acceptors (Lipinski definition) is 7. The van der Waals surface area contributed by atoms with Crippen molar-refractivity contribution < 1.29 is 19.2 Å². The molecule has 9 heteroatoms. The zero-order chi connectivity index (χ0) is 14.7. The van der Waals surface area contributed by atoms with Crippen molar-refractivity contribution >= 4 is 44.2 Å². The van der Waals surface area contributed by atoms with E-state index >= 15 is 0 Å². The Hall–Kier alpha value is -2.55. The molecule has 1 N–H and O–H groups in total. The van der Waals surface area contributed by atoms with Crippen LogP contribution in [0, 0.1) is 10.1 Å². The minimum atomic E-state index is -1.03. The van der Waals surface area contributed by atoms with Gasteiger partial charge in [0.1, 0.15) is 0 Å². The van der Waals surface area contributed by atoms with Gasteiger partial charge in [-0.2, -0.15) is 0 Å². The third kappa shape index (κ3) is 2.72. The molecule has 1 heterocycles. The molecule has 0 fully saturated rings. The number of thiazole rings is 1. The maximum absolute atomic E-state index is 11.4. The van der Waals surface area contributed by atoms with Crippen molar-refractivity contribution in [2.45, 2.75) is 6.92 Å². The molecule has 0 bridgehead atoms. The molecule has 0 saturated carbocycles. The summed E-state index contributed by atoms with van der Waals surface area (Å²) in [4.78, 5) is 36.9. The lowest BCUT2D eigenvalue weighted by molar-refractivity contribution is -0.383. The molecule has 8 nitrogen and oxygen atoms in total. The summed E-state index contributed by atoms with van der Waals surface area (Å²) in [5.74, 6) is -1.99. The van der Waals surface area contributed by atoms with Crippen LogP contribution >= 0.6 is 11.3 Å². The monoisotopic (exact) mass is 295 g/mol. The molecule has 0 aliphatic heterocycles. The number of anilines is 1. The minimum Gasteiger partial charge on any atom is -0.459 e. The number of carbonyl (C=O) groups is 2. The fourth-order valence-corrected chi connectivity index (χ4v) is 2.36. The van der Waals surface area contributed by atoms with E-state index in [9.17, 15) is 19.7 Å². The van der Waals surface area contributed by atoms with Gasteiger partial charge in [0.25, 0.3) is 5.69 Å². The Morgan fingerprint density at radius 3 is 2.90 bits per heavy atom. The highest BCUT2D eigenvalue weighted by atomic mass is 32.1. The maximum atomic E-state index is 11.4. The number of rotatable bonds is 3. The zero-order valence-electron chi connectivity index (χ0n) is 10.3. The van der Waals surface area contributed by atoms with Crippen LogP contribution in [0.1, 0.15) is 6.92 Å². The van der Waals surface area contributed by atoms with E-state index in [1.54, 1.807) is 13.0 Å². The number of carbonyl (C=O) groups excluding carboxylic acids is 2. The highest BCUT2D eigenvalue weighted by molar-refractivity contribution is 7.22. The predicted octanol–water partition coefficient (Wildman–Crippen LogP) is 1.71. The normalized spacial score (nSPS) is 10.2. The molecule has 20 heavy (non-hydrogen) atoms. The van der Waals surface area contributed by atoms with Crippen LogP contribution in [0.2, 0.25) is 0 Å². The van der Waals surface area contributed by atoms with E-state index in [-0.39, 0.29) is 22.9 Å². The summed E-state index contributed by atoms with van der Waals surface area (Å²) in [5, 5.41) is 13.2. The number of nitro groups is 1. The molecule has 1 aromatic carbocycles. The molecule has 0 saturated heterocycles. The first kappa shape index (κ1) is 13.9. The van der Waals surface area contributed by atoms with E-state index in [1.807, 2.05) is 0 Å². The number of amides is 1. The lowest BCUT2D eigenvalue weighted by Gasteiger charge is -2.00. The number of esters is 1. The second-order valence-corrected chi connectivity index (χ2v) is 4.61. The van der Waals surface area contributed by atoms with Crippen LogP contribution in [0.3, 0.4) is 0 Å². The number of nitro benzene ring substituents is 1. The van der Waals surface area contributed by atoms with E-state index in [0.717, 1.165) is 11.3 Å². The number of hydrogen-bond donors (Lipinski definition) is 1. The summed E-state index contributed by atoms with van der Waals surface area (Å²) in [6.45, 7) is 1.66. The second-order valence-electron chi connectivity index (χ2n) is 3.57. The number of nitrogens with zero attached hydrogens (tertiary/aromatic N) is 2. The van der Waals surface area contributed by atoms with Crippen molar-refractivity contribution in [3.8, 4) is 0 Å². The molecule has 104 valence electrons. The first-order valence-electron chi connectivity index (χ1n) is 5.55. The van der Waals surface area contributed by atoms with E-state index in [0.29, 0.717) is 4.70 Å². The lowest BCUT2D eigenvalue weighted by Crippen LogP contribution is -2.24. The number of benzene rings is 1. The molecule has 0 spiro atoms. The Morgan fingerprint density at radius 2 is 2.25 bits per heavy atom. The van der Waals surface area contributed by atoms with Gasteiger partial charge in [0.05, 0.1) is 16.2 Å². The third-order valence-electron chi connectivity index (χ3n) is 2.28. The molecule has 1 aromatic heterocycles. The molecule has 0 aliphatic carbocycles. The van der Waals surface area contributed by atoms with Crippen LogP contribution in [-0.2, 0) is 14.3 Å². The van der Waals surface area contributed by atoms with Crippen LogP contribution in [0.15, 0.2) is 18.2 Å². The number of non-ortho nitro benzene ring substituents is 1. The van der Waals surface area contributed by atoms with Crippen LogP contribution in [0.25, 0.3) is 10.2 Å². The Balaban J connectivity index is 2.29. The first-order chi connectivity index (χ1) is 9.52. The van der Waals surface area contributed by atoms with Crippen molar-refractivity contribution in [1.29, 1.82) is 0 Å². The number of ether oxygens (including phenoxy) is 1. The Morgan fingerprint density at radius 1 is 1.50 bits per heavy atom. The van der Waals surface area contributed by atoms with Gasteiger partial charge >= 0.3 is 11.9 Å². The summed E-state index contributed by atoms with van der Waals surface area (Å²) in [6.07, 6.45) is 0. The van der Waals surface area contributed by atoms with Gasteiger partial charge in [-0.1, -0.05) is 17.4 Å². The summed E-state index contributed by atoms with van der Waals surface area (Å²) in [5.41, 5.74) is 0.0112. The van der Waals surface area contributed by atoms with Gasteiger partial charge < -0.3 is 4.74 Å². The Bertz CT molecular complexity index is 696. The summed E-state index contributed by atoms with van der Waals surface area (Å²) >= 11 is 1.04. The van der Waals surface area contributed by atoms with Crippen molar-refractivity contribution in [3.63, 3.8) is 0 Å². The molecule has 1 amide bonds. The van der Waals surface area contributed by atoms with Crippen LogP contribution in [0.4, 0.5) is 10.8 Å². The molecule has 0 unspecified atom stereocenters. The molecule has 0 aliphatic rings. The topological polar surface area (TPSA) is 111 Å². The fourth-order valence-electron chi connectivity index (χ4n) is 1.48. The highest BCUT2D eigenvalue weighted by Crippen LogP contribution is 2.31.